The Morgan fingerprint density at radius 3 is 2.61 bits per heavy atom. The summed E-state index contributed by atoms with van der Waals surface area (Å²) in [6.07, 6.45) is -0.910. The van der Waals surface area contributed by atoms with Gasteiger partial charge in [0, 0.05) is 32.1 Å². The van der Waals surface area contributed by atoms with Gasteiger partial charge in [0.1, 0.15) is 18.1 Å². The summed E-state index contributed by atoms with van der Waals surface area (Å²) in [5, 5.41) is 10.6. The van der Waals surface area contributed by atoms with E-state index in [1.165, 1.54) is 0 Å². The molecule has 2 rings (SSSR count). The predicted octanol–water partition coefficient (Wildman–Crippen LogP) is 3.93. The molecule has 0 amide bonds. The van der Waals surface area contributed by atoms with Crippen molar-refractivity contribution in [3.8, 4) is 5.75 Å². The molecule has 0 spiro atoms. The minimum absolute atomic E-state index is 0. The second kappa shape index (κ2) is 12.5. The molecule has 0 bridgehead atoms. The summed E-state index contributed by atoms with van der Waals surface area (Å²) >= 11 is 0. The van der Waals surface area contributed by atoms with Gasteiger partial charge in [-0.3, -0.25) is 4.99 Å². The number of halogens is 3. The zero-order valence-electron chi connectivity index (χ0n) is 16.3. The first-order valence-electron chi connectivity index (χ1n) is 8.98. The number of hydrogen-bond donors (Lipinski definition) is 2. The highest BCUT2D eigenvalue weighted by Crippen LogP contribution is 2.16. The number of aromatic nitrogens is 1. The number of aryl methyl sites for hydroxylation is 2. The van der Waals surface area contributed by atoms with Crippen LogP contribution in [-0.4, -0.2) is 31.2 Å². The first-order chi connectivity index (χ1) is 13.1. The molecule has 0 aliphatic heterocycles. The maximum atomic E-state index is 12.3. The Morgan fingerprint density at radius 1 is 1.21 bits per heavy atom. The summed E-state index contributed by atoms with van der Waals surface area (Å²) in [6, 6.07) is 7.04. The average Bonchev–Trinajstić information content (AvgIpc) is 3.09. The smallest absolute Gasteiger partial charge is 0.272 e. The molecule has 0 aliphatic rings. The van der Waals surface area contributed by atoms with E-state index in [2.05, 4.69) is 20.8 Å². The van der Waals surface area contributed by atoms with Crippen LogP contribution in [0, 0.1) is 0 Å². The van der Waals surface area contributed by atoms with Crippen molar-refractivity contribution in [3.63, 3.8) is 0 Å². The maximum absolute atomic E-state index is 12.3. The van der Waals surface area contributed by atoms with Gasteiger partial charge in [-0.2, -0.15) is 0 Å². The molecule has 1 aromatic carbocycles. The summed E-state index contributed by atoms with van der Waals surface area (Å²) in [6.45, 7) is 4.50. The minimum Gasteiger partial charge on any atom is -0.488 e. The number of ether oxygens (including phenoxy) is 1. The molecule has 0 saturated carbocycles. The number of nitrogens with one attached hydrogen (secondary N) is 2. The molecule has 1 aromatic heterocycles. The Bertz CT molecular complexity index is 732. The fraction of sp³-hybridized carbons (Fsp3) is 0.474. The lowest BCUT2D eigenvalue weighted by Crippen LogP contribution is -2.36. The van der Waals surface area contributed by atoms with E-state index >= 15 is 0 Å². The van der Waals surface area contributed by atoms with Crippen LogP contribution in [0.2, 0.25) is 0 Å². The Kier molecular flexibility index (Phi) is 10.8. The lowest BCUT2D eigenvalue weighted by molar-refractivity contribution is 0.0818. The standard InChI is InChI=1S/C19H26F2N4O2.HI/c1-4-16-15(17(5-2)27-25-16)11-24-19(22-3)23-10-13-7-6-8-14(9-13)26-12-18(20)21;/h6-9,18H,4-5,10-12H2,1-3H3,(H2,22,23,24);1H. The maximum Gasteiger partial charge on any atom is 0.272 e. The average molecular weight is 508 g/mol. The normalized spacial score (nSPS) is 11.3. The molecule has 28 heavy (non-hydrogen) atoms. The fourth-order valence-corrected chi connectivity index (χ4v) is 2.62. The largest absolute Gasteiger partial charge is 0.488 e. The summed E-state index contributed by atoms with van der Waals surface area (Å²) in [5.41, 5.74) is 2.90. The van der Waals surface area contributed by atoms with E-state index in [0.29, 0.717) is 24.8 Å². The molecule has 2 N–H and O–H groups in total. The van der Waals surface area contributed by atoms with Crippen molar-refractivity contribution in [1.82, 2.24) is 15.8 Å². The Hall–Kier alpha value is -1.91. The molecule has 156 valence electrons. The van der Waals surface area contributed by atoms with Gasteiger partial charge in [-0.1, -0.05) is 31.1 Å². The number of hydrogen-bond acceptors (Lipinski definition) is 4. The molecular formula is C19H27F2IN4O2. The zero-order valence-corrected chi connectivity index (χ0v) is 18.6. The first-order valence-corrected chi connectivity index (χ1v) is 8.98. The third-order valence-electron chi connectivity index (χ3n) is 4.00. The molecule has 0 unspecified atom stereocenters. The van der Waals surface area contributed by atoms with E-state index in [-0.39, 0.29) is 24.0 Å². The number of benzene rings is 1. The van der Waals surface area contributed by atoms with Gasteiger partial charge in [0.25, 0.3) is 6.43 Å². The van der Waals surface area contributed by atoms with Crippen LogP contribution in [0.4, 0.5) is 8.78 Å². The Balaban J connectivity index is 0.00000392. The van der Waals surface area contributed by atoms with Gasteiger partial charge in [0.2, 0.25) is 0 Å². The quantitative estimate of drug-likeness (QED) is 0.305. The van der Waals surface area contributed by atoms with Crippen LogP contribution in [0.3, 0.4) is 0 Å². The third-order valence-corrected chi connectivity index (χ3v) is 4.00. The van der Waals surface area contributed by atoms with Crippen molar-refractivity contribution in [2.45, 2.75) is 46.2 Å². The van der Waals surface area contributed by atoms with Gasteiger partial charge < -0.3 is 19.9 Å². The highest BCUT2D eigenvalue weighted by atomic mass is 127. The topological polar surface area (TPSA) is 71.7 Å². The highest BCUT2D eigenvalue weighted by Gasteiger charge is 2.13. The zero-order chi connectivity index (χ0) is 19.6. The van der Waals surface area contributed by atoms with Crippen molar-refractivity contribution >= 4 is 29.9 Å². The molecule has 9 heteroatoms. The van der Waals surface area contributed by atoms with Gasteiger partial charge >= 0.3 is 0 Å². The second-order valence-corrected chi connectivity index (χ2v) is 5.87. The van der Waals surface area contributed by atoms with Crippen molar-refractivity contribution < 1.29 is 18.0 Å². The first kappa shape index (κ1) is 24.1. The van der Waals surface area contributed by atoms with Gasteiger partial charge in [-0.15, -0.1) is 24.0 Å². The lowest BCUT2D eigenvalue weighted by atomic mass is 10.1. The second-order valence-electron chi connectivity index (χ2n) is 5.87. The van der Waals surface area contributed by atoms with Gasteiger partial charge in [-0.05, 0) is 24.1 Å². The van der Waals surface area contributed by atoms with Crippen molar-refractivity contribution in [2.24, 2.45) is 4.99 Å². The third kappa shape index (κ3) is 7.25. The van der Waals surface area contributed by atoms with E-state index in [0.717, 1.165) is 35.4 Å². The van der Waals surface area contributed by atoms with Crippen LogP contribution in [0.1, 0.15) is 36.4 Å². The van der Waals surface area contributed by atoms with E-state index in [4.69, 9.17) is 9.26 Å². The van der Waals surface area contributed by atoms with Gasteiger partial charge in [0.15, 0.2) is 5.96 Å². The summed E-state index contributed by atoms with van der Waals surface area (Å²) < 4.78 is 34.9. The molecule has 0 saturated heterocycles. The number of alkyl halides is 2. The van der Waals surface area contributed by atoms with Crippen LogP contribution < -0.4 is 15.4 Å². The van der Waals surface area contributed by atoms with Gasteiger partial charge in [0.05, 0.1) is 5.69 Å². The lowest BCUT2D eigenvalue weighted by Gasteiger charge is -2.13. The minimum atomic E-state index is -2.49. The monoisotopic (exact) mass is 508 g/mol. The molecule has 0 atom stereocenters. The molecule has 0 aliphatic carbocycles. The van der Waals surface area contributed by atoms with E-state index in [9.17, 15) is 8.78 Å². The van der Waals surface area contributed by atoms with Crippen LogP contribution in [0.25, 0.3) is 0 Å². The van der Waals surface area contributed by atoms with E-state index < -0.39 is 13.0 Å². The number of rotatable bonds is 9. The van der Waals surface area contributed by atoms with Crippen LogP contribution in [0.15, 0.2) is 33.8 Å². The molecule has 0 radical (unpaired) electrons. The van der Waals surface area contributed by atoms with Crippen LogP contribution >= 0.6 is 24.0 Å². The Labute approximate surface area is 181 Å². The molecule has 1 heterocycles. The molecule has 0 fully saturated rings. The van der Waals surface area contributed by atoms with Crippen LogP contribution in [-0.2, 0) is 25.9 Å². The summed E-state index contributed by atoms with van der Waals surface area (Å²) in [7, 11) is 1.69. The molecule has 6 nitrogen and oxygen atoms in total. The summed E-state index contributed by atoms with van der Waals surface area (Å²) in [5.74, 6) is 1.92. The van der Waals surface area contributed by atoms with Crippen LogP contribution in [0.5, 0.6) is 5.75 Å². The predicted molar refractivity (Wildman–Crippen MR) is 116 cm³/mol. The Morgan fingerprint density at radius 2 is 1.96 bits per heavy atom. The number of aliphatic imine (C=N–C) groups is 1. The van der Waals surface area contributed by atoms with Gasteiger partial charge in [-0.25, -0.2) is 8.78 Å². The number of nitrogens with zero attached hydrogens (tertiary/aromatic N) is 2. The molecular weight excluding hydrogens is 481 g/mol. The van der Waals surface area contributed by atoms with E-state index in [1.807, 2.05) is 19.9 Å². The summed E-state index contributed by atoms with van der Waals surface area (Å²) in [4.78, 5) is 4.21. The highest BCUT2D eigenvalue weighted by molar-refractivity contribution is 14.0. The SMILES string of the molecule is CCc1noc(CC)c1CNC(=NC)NCc1cccc(OCC(F)F)c1.I. The van der Waals surface area contributed by atoms with Crippen molar-refractivity contribution in [1.29, 1.82) is 0 Å². The van der Waals surface area contributed by atoms with Crippen molar-refractivity contribution in [2.75, 3.05) is 13.7 Å². The number of guanidine groups is 1. The van der Waals surface area contributed by atoms with Crippen molar-refractivity contribution in [3.05, 3.63) is 46.8 Å². The van der Waals surface area contributed by atoms with E-state index in [1.54, 1.807) is 25.2 Å². The molecule has 2 aromatic rings. The fourth-order valence-electron chi connectivity index (χ4n) is 2.62.